The smallest absolute Gasteiger partial charge is 0.326 e. The van der Waals surface area contributed by atoms with Gasteiger partial charge in [0.15, 0.2) is 11.9 Å². The molecule has 0 unspecified atom stereocenters. The molecule has 4 aliphatic heterocycles. The van der Waals surface area contributed by atoms with Gasteiger partial charge in [-0.25, -0.2) is 14.8 Å². The normalized spacial score (nSPS) is 19.1. The molecule has 25 N–H and O–H groups in total. The summed E-state index contributed by atoms with van der Waals surface area (Å²) >= 11 is 0. The number of imidazole rings is 2. The summed E-state index contributed by atoms with van der Waals surface area (Å²) in [6, 6.07) is 0.978. The van der Waals surface area contributed by atoms with Crippen LogP contribution in [0.15, 0.2) is 79.6 Å². The van der Waals surface area contributed by atoms with Gasteiger partial charge in [-0.05, 0) is 177 Å². The lowest BCUT2D eigenvalue weighted by molar-refractivity contribution is -0.146. The third-order valence-electron chi connectivity index (χ3n) is 25.6. The van der Waals surface area contributed by atoms with Crippen molar-refractivity contribution in [1.29, 1.82) is 10.8 Å². The Labute approximate surface area is 785 Å². The maximum absolute atomic E-state index is 15.0. The molecule has 4 aromatic rings. The summed E-state index contributed by atoms with van der Waals surface area (Å²) in [6.07, 6.45) is 12.2. The van der Waals surface area contributed by atoms with Crippen LogP contribution in [-0.4, -0.2) is 277 Å². The van der Waals surface area contributed by atoms with Crippen LogP contribution in [0.1, 0.15) is 200 Å². The van der Waals surface area contributed by atoms with Crippen LogP contribution in [0.5, 0.6) is 0 Å². The Hall–Kier alpha value is -13.1. The zero-order valence-corrected chi connectivity index (χ0v) is 78.0. The number of H-pyrrole nitrogens is 2. The Bertz CT molecular complexity index is 4720. The number of rotatable bonds is 51. The van der Waals surface area contributed by atoms with Crippen LogP contribution in [-0.2, 0) is 96.0 Å². The number of aromatic amines is 2. The Morgan fingerprint density at radius 2 is 1.10 bits per heavy atom. The first kappa shape index (κ1) is 106. The van der Waals surface area contributed by atoms with Crippen LogP contribution >= 0.6 is 0 Å². The van der Waals surface area contributed by atoms with Crippen LogP contribution in [0.2, 0.25) is 0 Å². The average Bonchev–Trinajstić information content (AvgIpc) is 1.62. The number of carbonyl (C=O) groups excluding carboxylic acids is 15. The minimum Gasteiger partial charge on any atom is -0.480 e. The van der Waals surface area contributed by atoms with Crippen molar-refractivity contribution in [2.24, 2.45) is 40.4 Å². The molecule has 1 aliphatic carbocycles. The van der Waals surface area contributed by atoms with Crippen molar-refractivity contribution in [1.82, 2.24) is 109 Å². The number of likely N-dealkylation sites (tertiary alicyclic amines) is 3. The number of hydrogen-bond donors (Lipinski definition) is 22. The van der Waals surface area contributed by atoms with Gasteiger partial charge < -0.3 is 121 Å². The van der Waals surface area contributed by atoms with Crippen molar-refractivity contribution < 1.29 is 81.8 Å². The van der Waals surface area contributed by atoms with Crippen molar-refractivity contribution in [3.63, 3.8) is 0 Å². The Kier molecular flexibility index (Phi) is 40.6. The van der Waals surface area contributed by atoms with Gasteiger partial charge >= 0.3 is 5.97 Å². The molecule has 15 amide bonds. The average molecular weight is 1880 g/mol. The number of hydrogen-bond acceptors (Lipinski definition) is 21. The zero-order valence-electron chi connectivity index (χ0n) is 78.0. The number of amides is 15. The van der Waals surface area contributed by atoms with Crippen LogP contribution in [0.4, 0.5) is 0 Å². The number of nitrogens with two attached hydrogens (primary N) is 3. The Morgan fingerprint density at radius 3 is 1.69 bits per heavy atom. The van der Waals surface area contributed by atoms with E-state index in [4.69, 9.17) is 28.0 Å². The van der Waals surface area contributed by atoms with E-state index in [0.717, 1.165) is 36.1 Å². The summed E-state index contributed by atoms with van der Waals surface area (Å²) in [5.41, 5.74) is 18.5. The lowest BCUT2D eigenvalue weighted by Crippen LogP contribution is -2.60. The number of benzene rings is 2. The number of fused-ring (bicyclic) bond motifs is 1. The van der Waals surface area contributed by atoms with E-state index in [2.05, 4.69) is 94.4 Å². The van der Waals surface area contributed by atoms with E-state index in [9.17, 15) is 81.8 Å². The van der Waals surface area contributed by atoms with E-state index in [-0.39, 0.29) is 158 Å². The zero-order chi connectivity index (χ0) is 98.0. The van der Waals surface area contributed by atoms with Crippen molar-refractivity contribution in [2.45, 2.75) is 281 Å². The monoisotopic (exact) mass is 1880 g/mol. The number of aliphatic carboxylic acids is 1. The van der Waals surface area contributed by atoms with E-state index >= 15 is 0 Å². The quantitative estimate of drug-likeness (QED) is 0.0110. The number of carbonyl (C=O) groups is 16. The first-order valence-corrected chi connectivity index (χ1v) is 47.2. The molecule has 2 aromatic heterocycles. The fourth-order valence-corrected chi connectivity index (χ4v) is 18.0. The molecule has 43 heteroatoms. The van der Waals surface area contributed by atoms with E-state index < -0.39 is 185 Å². The molecule has 0 spiro atoms. The predicted molar refractivity (Wildman–Crippen MR) is 497 cm³/mol. The van der Waals surface area contributed by atoms with Gasteiger partial charge in [-0.15, -0.1) is 0 Å². The molecule has 135 heavy (non-hydrogen) atoms. The fourth-order valence-electron chi connectivity index (χ4n) is 18.0. The molecule has 1 saturated carbocycles. The summed E-state index contributed by atoms with van der Waals surface area (Å²) in [5.74, 6) is -13.9. The lowest BCUT2D eigenvalue weighted by atomic mass is 9.84. The lowest BCUT2D eigenvalue weighted by Gasteiger charge is -2.35. The highest BCUT2D eigenvalue weighted by atomic mass is 16.4. The maximum Gasteiger partial charge on any atom is 0.326 e. The molecule has 4 saturated heterocycles. The molecular formula is C92H138N26O17. The van der Waals surface area contributed by atoms with Crippen molar-refractivity contribution in [2.75, 3.05) is 52.4 Å². The number of unbranched alkanes of at least 4 members (excludes halogenated alkanes) is 1. The topological polar surface area (TPSA) is 655 Å². The fraction of sp³-hybridized carbons (Fsp3) is 0.609. The predicted octanol–water partition coefficient (Wildman–Crippen LogP) is -0.886. The highest BCUT2D eigenvalue weighted by Crippen LogP contribution is 2.40. The van der Waals surface area contributed by atoms with Crippen LogP contribution < -0.4 is 91.6 Å². The molecule has 14 atom stereocenters. The van der Waals surface area contributed by atoms with Gasteiger partial charge in [-0.2, -0.15) is 0 Å². The second-order valence-electron chi connectivity index (χ2n) is 36.7. The second-order valence-corrected chi connectivity index (χ2v) is 36.7. The van der Waals surface area contributed by atoms with Gasteiger partial charge in [-0.3, -0.25) is 82.7 Å². The molecule has 0 bridgehead atoms. The summed E-state index contributed by atoms with van der Waals surface area (Å²) in [7, 11) is 0. The summed E-state index contributed by atoms with van der Waals surface area (Å²) in [6.45, 7) is 10.5. The van der Waals surface area contributed by atoms with Crippen LogP contribution in [0.25, 0.3) is 11.1 Å². The van der Waals surface area contributed by atoms with Gasteiger partial charge in [0.25, 0.3) is 0 Å². The first-order valence-electron chi connectivity index (χ1n) is 47.2. The molecular weight excluding hydrogens is 1740 g/mol. The largest absolute Gasteiger partial charge is 0.480 e. The molecule has 2 aromatic carbocycles. The SMILES string of the molecule is CCCC[C@H](NC(=O)[C@@H]1C[C@@H]2CCCC[C@@H]2N1C(=O)CNC(=O)[C@H](CC1CCNCC1)NC(=O)[C@H](Cc1c[nH]cn1)NC(=O)[C@@H](C)NC(=O)[C@H](CC(C)C)NC(=O)[C@H](CCCNC(=N)N)NC(=O)[C@@H]1CCCN1C(=O)[C@H](CCCNC(=N)N)NC(=O)[C@H](CCC(N)=O)NC(=O)C(C)(C)C(=O)NCCc1cnc[nH]1)C(=O)N1CCC[C@H]1C(=O)N[C@H](Cc1ccc(-c2ccccc2)cc1)C(=O)O. The number of nitrogens with one attached hydrogen (secondary N) is 18. The van der Waals surface area contributed by atoms with Crippen LogP contribution in [0, 0.1) is 34.0 Å². The standard InChI is InChI=1S/C92H138N26O17/c1-7-8-21-64(85(130)117-42-17-26-72(117)83(128)114-69(87(132)133)45-55-27-29-58(30-28-55)57-18-10-9-11-19-57)110-84(129)73-46-59-20-12-13-24-70(59)118(73)75(120)50-104-77(122)67(44-56-33-38-98-39-34-56)113-81(126)68(47-61-49-100-52-106-61)111-76(121)54(4)107-80(125)66(43-53(2)3)112-78(123)62(22-14-36-102-90(94)95)108-82(127)71-25-16-41-116(71)86(131)65(23-15-37-103-91(96)97)109-79(124)63(31-32-74(93)119)115-89(135)92(5,6)88(134)101-40-35-60-48-99-51-105-60/h9-11,18-19,27-30,48-49,51-54,56,59,62-73,98H,7-8,12-17,20-26,31-47,50H2,1-6H3,(H2,93,119)(H,99,105)(H,100,106)(H,101,134)(H,104,122)(H,107,125)(H,108,127)(H,109,124)(H,110,129)(H,111,121)(H,112,123)(H,113,126)(H,114,128)(H,115,135)(H,132,133)(H4,94,95,102)(H4,96,97,103)/t54-,59+,62+,63+,64+,65+,66+,67+,68+,69-,70+,71+,72+,73+/m1/s1. The number of carboxylic acids is 1. The summed E-state index contributed by atoms with van der Waals surface area (Å²) in [5, 5.41) is 64.6. The summed E-state index contributed by atoms with van der Waals surface area (Å²) < 4.78 is 0. The number of carboxylic acid groups (broad SMARTS) is 1. The van der Waals surface area contributed by atoms with Gasteiger partial charge in [-0.1, -0.05) is 101 Å². The van der Waals surface area contributed by atoms with Gasteiger partial charge in [0.05, 0.1) is 24.9 Å². The first-order chi connectivity index (χ1) is 64.5. The van der Waals surface area contributed by atoms with Crippen LogP contribution in [0.3, 0.4) is 0 Å². The summed E-state index contributed by atoms with van der Waals surface area (Å²) in [4.78, 5) is 247. The van der Waals surface area contributed by atoms with Gasteiger partial charge in [0.2, 0.25) is 88.6 Å². The number of piperidine rings is 1. The number of guanidine groups is 2. The van der Waals surface area contributed by atoms with Crippen molar-refractivity contribution in [3.05, 3.63) is 96.6 Å². The molecule has 6 heterocycles. The minimum absolute atomic E-state index is 0.0116. The maximum atomic E-state index is 15.0. The molecule has 5 aliphatic rings. The van der Waals surface area contributed by atoms with Crippen molar-refractivity contribution in [3.8, 4) is 11.1 Å². The highest BCUT2D eigenvalue weighted by molar-refractivity contribution is 6.06. The third-order valence-corrected chi connectivity index (χ3v) is 25.6. The molecule has 0 radical (unpaired) electrons. The van der Waals surface area contributed by atoms with E-state index in [1.54, 1.807) is 20.0 Å². The molecule has 5 fully saturated rings. The second kappa shape index (κ2) is 51.9. The molecule has 9 rings (SSSR count). The number of primary amides is 1. The number of nitrogens with zero attached hydrogens (tertiary/aromatic N) is 5. The highest BCUT2D eigenvalue weighted by Gasteiger charge is 2.50. The third kappa shape index (κ3) is 31.8. The molecule has 738 valence electrons. The van der Waals surface area contributed by atoms with E-state index in [0.29, 0.717) is 69.3 Å². The van der Waals surface area contributed by atoms with Gasteiger partial charge in [0.1, 0.15) is 77.9 Å². The Balaban J connectivity index is 0.848. The van der Waals surface area contributed by atoms with E-state index in [1.165, 1.54) is 54.3 Å². The molecule has 43 nitrogen and oxygen atoms in total. The van der Waals surface area contributed by atoms with Gasteiger partial charge in [0, 0.05) is 82.5 Å². The Morgan fingerprint density at radius 1 is 0.541 bits per heavy atom. The minimum atomic E-state index is -1.77. The number of aromatic nitrogens is 4. The van der Waals surface area contributed by atoms with Crippen molar-refractivity contribution >= 4 is 106 Å². The van der Waals surface area contributed by atoms with E-state index in [1.807, 2.05) is 61.5 Å².